The Kier molecular flexibility index (Phi) is 5.06. The van der Waals surface area contributed by atoms with Crippen LogP contribution >= 0.6 is 21.5 Å². The molecule has 0 aromatic heterocycles. The molecule has 2 N–H and O–H groups in total. The maximum atomic E-state index is 14.0. The fourth-order valence-electron chi connectivity index (χ4n) is 5.93. The first-order valence-electron chi connectivity index (χ1n) is 9.36. The Morgan fingerprint density at radius 2 is 1.92 bits per heavy atom. The van der Waals surface area contributed by atoms with E-state index in [1.165, 1.54) is 5.56 Å². The average Bonchev–Trinajstić information content (AvgIpc) is 2.53. The zero-order chi connectivity index (χ0) is 18.5. The van der Waals surface area contributed by atoms with Crippen LogP contribution in [-0.2, 0) is 5.41 Å². The topological polar surface area (TPSA) is 26.0 Å². The van der Waals surface area contributed by atoms with Crippen molar-refractivity contribution < 1.29 is 4.39 Å². The van der Waals surface area contributed by atoms with E-state index in [9.17, 15) is 4.39 Å². The molecule has 2 fully saturated rings. The second-order valence-electron chi connectivity index (χ2n) is 9.18. The van der Waals surface area contributed by atoms with Crippen LogP contribution in [0.5, 0.6) is 0 Å². The minimum atomic E-state index is -0.852. The van der Waals surface area contributed by atoms with Crippen molar-refractivity contribution in [3.63, 3.8) is 0 Å². The Bertz CT molecular complexity index is 647. The Balaban J connectivity index is 2.08. The lowest BCUT2D eigenvalue weighted by atomic mass is 9.43. The minimum Gasteiger partial charge on any atom is -0.393 e. The standard InChI is InChI=1S/C21H31FNPS/c1-14-9-21(15-7-5-4-6-8-15)11-16(20(14,3)12-17(22)24)10-19(2,13-21)18(23)25/h4-8,14,16-17H,9-13,24H2,1-3H3,(H2,23,25). The van der Waals surface area contributed by atoms with Crippen molar-refractivity contribution >= 4 is 26.4 Å². The second-order valence-corrected chi connectivity index (χ2v) is 10.3. The van der Waals surface area contributed by atoms with Crippen molar-refractivity contribution in [1.29, 1.82) is 0 Å². The first-order chi connectivity index (χ1) is 11.6. The minimum absolute atomic E-state index is 0.00803. The van der Waals surface area contributed by atoms with Gasteiger partial charge in [-0.15, -0.1) is 9.24 Å². The van der Waals surface area contributed by atoms with Crippen LogP contribution in [0.15, 0.2) is 30.3 Å². The molecular weight excluding hydrogens is 348 g/mol. The van der Waals surface area contributed by atoms with Gasteiger partial charge in [0.25, 0.3) is 0 Å². The lowest BCUT2D eigenvalue weighted by Gasteiger charge is -2.61. The van der Waals surface area contributed by atoms with Crippen molar-refractivity contribution in [3.05, 3.63) is 35.9 Å². The SMILES string of the molecule is CC1CC2(c3ccccc3)CC(CC(C)(C(N)=S)C2)C1(C)CC(F)P. The fourth-order valence-corrected chi connectivity index (χ4v) is 6.59. The molecule has 3 rings (SSSR count). The molecule has 2 aliphatic rings. The molecule has 2 bridgehead atoms. The summed E-state index contributed by atoms with van der Waals surface area (Å²) < 4.78 is 14.0. The number of hydrogen-bond donors (Lipinski definition) is 1. The number of alkyl halides is 1. The van der Waals surface area contributed by atoms with E-state index in [1.54, 1.807) is 0 Å². The van der Waals surface area contributed by atoms with Gasteiger partial charge < -0.3 is 5.73 Å². The Labute approximate surface area is 159 Å². The fraction of sp³-hybridized carbons (Fsp3) is 0.667. The van der Waals surface area contributed by atoms with Crippen molar-refractivity contribution in [2.75, 3.05) is 0 Å². The average molecular weight is 380 g/mol. The highest BCUT2D eigenvalue weighted by Crippen LogP contribution is 2.65. The molecule has 7 unspecified atom stereocenters. The molecule has 7 atom stereocenters. The summed E-state index contributed by atoms with van der Waals surface area (Å²) in [5.74, 6) is 0.0614. The third kappa shape index (κ3) is 3.28. The molecule has 2 aliphatic carbocycles. The monoisotopic (exact) mass is 379 g/mol. The summed E-state index contributed by atoms with van der Waals surface area (Å²) >= 11 is 5.50. The molecule has 1 aromatic carbocycles. The van der Waals surface area contributed by atoms with Gasteiger partial charge in [-0.05, 0) is 60.3 Å². The first-order valence-corrected chi connectivity index (χ1v) is 10.4. The molecule has 1 nitrogen and oxygen atoms in total. The van der Waals surface area contributed by atoms with E-state index < -0.39 is 5.91 Å². The number of hydrogen-bond acceptors (Lipinski definition) is 1. The molecule has 1 aromatic rings. The first kappa shape index (κ1) is 19.2. The van der Waals surface area contributed by atoms with Gasteiger partial charge in [-0.2, -0.15) is 0 Å². The van der Waals surface area contributed by atoms with Gasteiger partial charge in [0.05, 0.1) is 4.99 Å². The zero-order valence-electron chi connectivity index (χ0n) is 15.6. The van der Waals surface area contributed by atoms with Crippen molar-refractivity contribution in [2.24, 2.45) is 28.4 Å². The van der Waals surface area contributed by atoms with E-state index in [0.29, 0.717) is 23.2 Å². The van der Waals surface area contributed by atoms with Crippen LogP contribution in [0.2, 0.25) is 0 Å². The Morgan fingerprint density at radius 3 is 2.48 bits per heavy atom. The summed E-state index contributed by atoms with van der Waals surface area (Å²) in [5, 5.41) is 0. The van der Waals surface area contributed by atoms with Crippen LogP contribution in [0.1, 0.15) is 58.4 Å². The lowest BCUT2D eigenvalue weighted by molar-refractivity contribution is -0.0662. The number of halogens is 1. The Hall–Kier alpha value is -0.530. The highest BCUT2D eigenvalue weighted by molar-refractivity contribution is 7.80. The van der Waals surface area contributed by atoms with Gasteiger partial charge in [0.15, 0.2) is 0 Å². The van der Waals surface area contributed by atoms with Crippen molar-refractivity contribution in [3.8, 4) is 0 Å². The largest absolute Gasteiger partial charge is 0.393 e. The van der Waals surface area contributed by atoms with E-state index in [1.807, 2.05) is 0 Å². The molecule has 2 saturated carbocycles. The molecule has 0 spiro atoms. The van der Waals surface area contributed by atoms with Gasteiger partial charge in [-0.1, -0.05) is 63.3 Å². The molecule has 4 heteroatoms. The van der Waals surface area contributed by atoms with Gasteiger partial charge in [0.1, 0.15) is 5.91 Å². The van der Waals surface area contributed by atoms with Crippen LogP contribution in [-0.4, -0.2) is 10.9 Å². The van der Waals surface area contributed by atoms with E-state index >= 15 is 0 Å². The third-order valence-corrected chi connectivity index (χ3v) is 8.16. The predicted octanol–water partition coefficient (Wildman–Crippen LogP) is 5.62. The van der Waals surface area contributed by atoms with Crippen LogP contribution < -0.4 is 5.73 Å². The predicted molar refractivity (Wildman–Crippen MR) is 111 cm³/mol. The number of benzene rings is 1. The highest BCUT2D eigenvalue weighted by atomic mass is 32.1. The number of thiocarbonyl (C=S) groups is 1. The normalized spacial score (nSPS) is 42.0. The van der Waals surface area contributed by atoms with E-state index in [-0.39, 0.29) is 16.2 Å². The molecule has 138 valence electrons. The molecule has 0 amide bonds. The van der Waals surface area contributed by atoms with Gasteiger partial charge in [0.2, 0.25) is 0 Å². The summed E-state index contributed by atoms with van der Waals surface area (Å²) in [6.07, 6.45) is 4.79. The second kappa shape index (κ2) is 6.57. The van der Waals surface area contributed by atoms with E-state index in [2.05, 4.69) is 60.3 Å². The van der Waals surface area contributed by atoms with Crippen LogP contribution in [0, 0.1) is 22.7 Å². The lowest BCUT2D eigenvalue weighted by Crippen LogP contribution is -2.57. The molecular formula is C21H31FNPS. The third-order valence-electron chi connectivity index (χ3n) is 7.43. The summed E-state index contributed by atoms with van der Waals surface area (Å²) in [6, 6.07) is 10.8. The highest BCUT2D eigenvalue weighted by Gasteiger charge is 2.58. The molecule has 25 heavy (non-hydrogen) atoms. The van der Waals surface area contributed by atoms with Crippen LogP contribution in [0.4, 0.5) is 4.39 Å². The van der Waals surface area contributed by atoms with Crippen LogP contribution in [0.3, 0.4) is 0 Å². The van der Waals surface area contributed by atoms with E-state index in [0.717, 1.165) is 25.7 Å². The van der Waals surface area contributed by atoms with Gasteiger partial charge in [0, 0.05) is 5.41 Å². The quantitative estimate of drug-likeness (QED) is 0.542. The molecule has 0 radical (unpaired) electrons. The summed E-state index contributed by atoms with van der Waals surface area (Å²) in [4.78, 5) is 0.622. The number of fused-ring (bicyclic) bond motifs is 2. The van der Waals surface area contributed by atoms with E-state index in [4.69, 9.17) is 18.0 Å². The Morgan fingerprint density at radius 1 is 1.28 bits per heavy atom. The van der Waals surface area contributed by atoms with Gasteiger partial charge in [-0.3, -0.25) is 0 Å². The molecule has 0 heterocycles. The van der Waals surface area contributed by atoms with Crippen molar-refractivity contribution in [2.45, 2.75) is 64.2 Å². The number of nitrogens with two attached hydrogens (primary N) is 1. The smallest absolute Gasteiger partial charge is 0.114 e. The molecule has 0 saturated heterocycles. The maximum Gasteiger partial charge on any atom is 0.114 e. The maximum absolute atomic E-state index is 14.0. The van der Waals surface area contributed by atoms with Gasteiger partial charge in [-0.25, -0.2) is 4.39 Å². The summed E-state index contributed by atoms with van der Waals surface area (Å²) in [5.41, 5.74) is 7.57. The van der Waals surface area contributed by atoms with Gasteiger partial charge >= 0.3 is 0 Å². The van der Waals surface area contributed by atoms with Crippen LogP contribution in [0.25, 0.3) is 0 Å². The summed E-state index contributed by atoms with van der Waals surface area (Å²) in [7, 11) is 2.35. The molecule has 0 aliphatic heterocycles. The summed E-state index contributed by atoms with van der Waals surface area (Å²) in [6.45, 7) is 6.84. The zero-order valence-corrected chi connectivity index (χ0v) is 17.6. The number of rotatable bonds is 4. The van der Waals surface area contributed by atoms with Crippen molar-refractivity contribution in [1.82, 2.24) is 0 Å².